The van der Waals surface area contributed by atoms with Crippen molar-refractivity contribution in [2.75, 3.05) is 36.2 Å². The number of phenolic OH excluding ortho intramolecular Hbond substituents is 1. The minimum Gasteiger partial charge on any atom is -0.506 e. The second-order valence-corrected chi connectivity index (χ2v) is 5.14. The quantitative estimate of drug-likeness (QED) is 0.635. The van der Waals surface area contributed by atoms with Gasteiger partial charge in [0.1, 0.15) is 5.75 Å². The number of benzene rings is 1. The maximum atomic E-state index is 9.86. The zero-order chi connectivity index (χ0) is 11.9. The van der Waals surface area contributed by atoms with Crippen LogP contribution in [0.2, 0.25) is 0 Å². The number of hydrogen-bond acceptors (Lipinski definition) is 4. The van der Waals surface area contributed by atoms with Crippen LogP contribution in [0.4, 0.5) is 17.1 Å². The zero-order valence-electron chi connectivity index (χ0n) is 10.3. The van der Waals surface area contributed by atoms with E-state index in [1.54, 1.807) is 6.07 Å². The van der Waals surface area contributed by atoms with Gasteiger partial charge in [-0.15, -0.1) is 0 Å². The monoisotopic (exact) mass is 221 g/mol. The fourth-order valence-corrected chi connectivity index (χ4v) is 1.91. The second kappa shape index (κ2) is 3.47. The fourth-order valence-electron chi connectivity index (χ4n) is 1.91. The number of nitrogens with zero attached hydrogens (tertiary/aromatic N) is 1. The van der Waals surface area contributed by atoms with Gasteiger partial charge < -0.3 is 20.6 Å². The minimum atomic E-state index is 0.0353. The molecule has 0 fully saturated rings. The molecule has 0 saturated carbocycles. The maximum absolute atomic E-state index is 9.86. The second-order valence-electron chi connectivity index (χ2n) is 5.14. The van der Waals surface area contributed by atoms with Gasteiger partial charge in [0.15, 0.2) is 0 Å². The lowest BCUT2D eigenvalue weighted by Gasteiger charge is -2.35. The van der Waals surface area contributed by atoms with E-state index in [0.717, 1.165) is 23.6 Å². The van der Waals surface area contributed by atoms with E-state index in [9.17, 15) is 5.11 Å². The van der Waals surface area contributed by atoms with Crippen LogP contribution >= 0.6 is 0 Å². The van der Waals surface area contributed by atoms with Crippen LogP contribution in [0.1, 0.15) is 13.8 Å². The van der Waals surface area contributed by atoms with Gasteiger partial charge in [-0.05, 0) is 19.9 Å². The van der Waals surface area contributed by atoms with Gasteiger partial charge in [-0.1, -0.05) is 0 Å². The molecule has 0 saturated heterocycles. The highest BCUT2D eigenvalue weighted by molar-refractivity contribution is 5.80. The molecule has 0 unspecified atom stereocenters. The van der Waals surface area contributed by atoms with Crippen molar-refractivity contribution in [1.29, 1.82) is 0 Å². The molecule has 0 aromatic heterocycles. The van der Waals surface area contributed by atoms with Gasteiger partial charge in [0, 0.05) is 32.2 Å². The Labute approximate surface area is 96.3 Å². The summed E-state index contributed by atoms with van der Waals surface area (Å²) in [7, 11) is 3.84. The molecular weight excluding hydrogens is 202 g/mol. The Morgan fingerprint density at radius 1 is 1.25 bits per heavy atom. The SMILES string of the molecule is CN(C)c1cc2c(cc1O)NCC(C)(C)N2. The number of anilines is 3. The largest absolute Gasteiger partial charge is 0.506 e. The summed E-state index contributed by atoms with van der Waals surface area (Å²) in [6.07, 6.45) is 0. The lowest BCUT2D eigenvalue weighted by molar-refractivity contribution is 0.475. The molecule has 4 nitrogen and oxygen atoms in total. The first-order chi connectivity index (χ1) is 7.39. The number of aromatic hydroxyl groups is 1. The molecule has 16 heavy (non-hydrogen) atoms. The summed E-state index contributed by atoms with van der Waals surface area (Å²) in [6.45, 7) is 5.14. The van der Waals surface area contributed by atoms with Crippen molar-refractivity contribution in [2.45, 2.75) is 19.4 Å². The van der Waals surface area contributed by atoms with E-state index in [-0.39, 0.29) is 5.54 Å². The van der Waals surface area contributed by atoms with Gasteiger partial charge in [0.25, 0.3) is 0 Å². The van der Waals surface area contributed by atoms with Crippen LogP contribution in [-0.2, 0) is 0 Å². The molecule has 0 aliphatic carbocycles. The summed E-state index contributed by atoms with van der Waals surface area (Å²) in [5.41, 5.74) is 2.86. The molecule has 1 aromatic rings. The van der Waals surface area contributed by atoms with Crippen molar-refractivity contribution in [1.82, 2.24) is 0 Å². The van der Waals surface area contributed by atoms with Gasteiger partial charge in [-0.2, -0.15) is 0 Å². The first kappa shape index (κ1) is 10.9. The maximum Gasteiger partial charge on any atom is 0.141 e. The molecule has 1 aliphatic rings. The molecule has 4 heteroatoms. The van der Waals surface area contributed by atoms with Gasteiger partial charge >= 0.3 is 0 Å². The highest BCUT2D eigenvalue weighted by Gasteiger charge is 2.25. The summed E-state index contributed by atoms with van der Waals surface area (Å²) in [5.74, 6) is 0.303. The van der Waals surface area contributed by atoms with Gasteiger partial charge in [-0.25, -0.2) is 0 Å². The van der Waals surface area contributed by atoms with Gasteiger partial charge in [-0.3, -0.25) is 0 Å². The standard InChI is InChI=1S/C12H19N3O/c1-12(2)7-13-8-6-11(16)10(15(3)4)5-9(8)14-12/h5-6,13-14,16H,7H2,1-4H3. The highest BCUT2D eigenvalue weighted by Crippen LogP contribution is 2.38. The Hall–Kier alpha value is -1.58. The predicted octanol–water partition coefficient (Wildman–Crippen LogP) is 2.07. The fraction of sp³-hybridized carbons (Fsp3) is 0.500. The van der Waals surface area contributed by atoms with Crippen molar-refractivity contribution < 1.29 is 5.11 Å². The molecule has 1 heterocycles. The molecule has 1 aliphatic heterocycles. The molecule has 2 rings (SSSR count). The molecule has 3 N–H and O–H groups in total. The number of fused-ring (bicyclic) bond motifs is 1. The third kappa shape index (κ3) is 1.87. The average molecular weight is 221 g/mol. The van der Waals surface area contributed by atoms with Crippen LogP contribution in [-0.4, -0.2) is 31.3 Å². The van der Waals surface area contributed by atoms with Crippen LogP contribution in [0.5, 0.6) is 5.75 Å². The Bertz CT molecular complexity index is 413. The van der Waals surface area contributed by atoms with E-state index in [1.165, 1.54) is 0 Å². The number of phenols is 1. The summed E-state index contributed by atoms with van der Waals surface area (Å²) in [6, 6.07) is 3.74. The highest BCUT2D eigenvalue weighted by atomic mass is 16.3. The molecule has 0 atom stereocenters. The molecular formula is C12H19N3O. The van der Waals surface area contributed by atoms with Gasteiger partial charge in [0.05, 0.1) is 17.1 Å². The Balaban J connectivity index is 2.44. The molecule has 1 aromatic carbocycles. The summed E-state index contributed by atoms with van der Waals surface area (Å²) < 4.78 is 0. The van der Waals surface area contributed by atoms with Crippen molar-refractivity contribution in [3.05, 3.63) is 12.1 Å². The smallest absolute Gasteiger partial charge is 0.141 e. The molecule has 0 spiro atoms. The van der Waals surface area contributed by atoms with E-state index in [1.807, 2.05) is 25.1 Å². The predicted molar refractivity (Wildman–Crippen MR) is 68.6 cm³/mol. The van der Waals surface area contributed by atoms with Crippen LogP contribution in [0, 0.1) is 0 Å². The number of rotatable bonds is 1. The van der Waals surface area contributed by atoms with Crippen LogP contribution < -0.4 is 15.5 Å². The summed E-state index contributed by atoms with van der Waals surface area (Å²) in [4.78, 5) is 1.90. The molecule has 88 valence electrons. The first-order valence-corrected chi connectivity index (χ1v) is 5.45. The van der Waals surface area contributed by atoms with Crippen molar-refractivity contribution >= 4 is 17.1 Å². The van der Waals surface area contributed by atoms with E-state index in [4.69, 9.17) is 0 Å². The van der Waals surface area contributed by atoms with Crippen LogP contribution in [0.25, 0.3) is 0 Å². The summed E-state index contributed by atoms with van der Waals surface area (Å²) >= 11 is 0. The summed E-state index contributed by atoms with van der Waals surface area (Å²) in [5, 5.41) is 16.6. The Morgan fingerprint density at radius 2 is 1.94 bits per heavy atom. The van der Waals surface area contributed by atoms with E-state index >= 15 is 0 Å². The zero-order valence-corrected chi connectivity index (χ0v) is 10.3. The normalized spacial score (nSPS) is 17.0. The third-order valence-electron chi connectivity index (χ3n) is 2.79. The van der Waals surface area contributed by atoms with Crippen molar-refractivity contribution in [2.24, 2.45) is 0 Å². The average Bonchev–Trinajstić information content (AvgIpc) is 2.16. The van der Waals surface area contributed by atoms with E-state index < -0.39 is 0 Å². The van der Waals surface area contributed by atoms with Crippen LogP contribution in [0.3, 0.4) is 0 Å². The van der Waals surface area contributed by atoms with E-state index in [0.29, 0.717) is 5.75 Å². The van der Waals surface area contributed by atoms with E-state index in [2.05, 4.69) is 24.5 Å². The van der Waals surface area contributed by atoms with Crippen LogP contribution in [0.15, 0.2) is 12.1 Å². The number of hydrogen-bond donors (Lipinski definition) is 3. The third-order valence-corrected chi connectivity index (χ3v) is 2.79. The molecule has 0 bridgehead atoms. The lowest BCUT2D eigenvalue weighted by Crippen LogP contribution is -2.42. The first-order valence-electron chi connectivity index (χ1n) is 5.45. The van der Waals surface area contributed by atoms with Gasteiger partial charge in [0.2, 0.25) is 0 Å². The molecule has 0 amide bonds. The Morgan fingerprint density at radius 3 is 2.56 bits per heavy atom. The lowest BCUT2D eigenvalue weighted by atomic mass is 10.0. The topological polar surface area (TPSA) is 47.5 Å². The Kier molecular flexibility index (Phi) is 2.37. The molecule has 0 radical (unpaired) electrons. The van der Waals surface area contributed by atoms with Crippen molar-refractivity contribution in [3.63, 3.8) is 0 Å². The number of nitrogens with one attached hydrogen (secondary N) is 2. The minimum absolute atomic E-state index is 0.0353. The van der Waals surface area contributed by atoms with Crippen molar-refractivity contribution in [3.8, 4) is 5.75 Å².